The molecule has 1 fully saturated rings. The number of rotatable bonds is 5. The van der Waals surface area contributed by atoms with Crippen molar-refractivity contribution in [2.45, 2.75) is 45.0 Å². The molecule has 2 atom stereocenters. The number of anilines is 1. The number of hydrogen-bond acceptors (Lipinski definition) is 3. The third-order valence-electron chi connectivity index (χ3n) is 4.62. The lowest BCUT2D eigenvalue weighted by Gasteiger charge is -2.08. The van der Waals surface area contributed by atoms with Crippen LogP contribution in [0.5, 0.6) is 0 Å². The highest BCUT2D eigenvalue weighted by molar-refractivity contribution is 6.30. The second kappa shape index (κ2) is 8.32. The van der Waals surface area contributed by atoms with Crippen LogP contribution in [0, 0.1) is 0 Å². The highest BCUT2D eigenvalue weighted by atomic mass is 35.5. The molecule has 154 valence electrons. The summed E-state index contributed by atoms with van der Waals surface area (Å²) in [5, 5.41) is 14.0. The molecule has 2 heterocycles. The first kappa shape index (κ1) is 21.0. The highest BCUT2D eigenvalue weighted by Crippen LogP contribution is 2.55. The summed E-state index contributed by atoms with van der Waals surface area (Å²) in [6, 6.07) is 8.65. The lowest BCUT2D eigenvalue weighted by Crippen LogP contribution is -2.18. The van der Waals surface area contributed by atoms with Crippen LogP contribution in [0.2, 0.25) is 5.02 Å². The van der Waals surface area contributed by atoms with Gasteiger partial charge in [0.25, 0.3) is 5.92 Å². The standard InChI is InChI=1S/C18H16ClF2N5O.C2H6/c1-10(11-8-22-26(9-11)13-4-2-3-12(19)5-13)17(27)23-16-6-15(24-25-16)14-7-18(14,20)21;1-2/h2-6,8-10,14H,7H2,1H3,(H2,23,24,25,27);1-2H3. The van der Waals surface area contributed by atoms with Crippen LogP contribution in [0.25, 0.3) is 5.69 Å². The minimum absolute atomic E-state index is 0.193. The third-order valence-corrected chi connectivity index (χ3v) is 4.85. The number of aromatic amines is 1. The van der Waals surface area contributed by atoms with Gasteiger partial charge in [0.05, 0.1) is 23.7 Å². The van der Waals surface area contributed by atoms with Gasteiger partial charge >= 0.3 is 0 Å². The number of alkyl halides is 2. The monoisotopic (exact) mass is 421 g/mol. The van der Waals surface area contributed by atoms with E-state index in [0.717, 1.165) is 5.69 Å². The number of halogens is 3. The van der Waals surface area contributed by atoms with E-state index in [1.165, 1.54) is 6.07 Å². The topological polar surface area (TPSA) is 75.6 Å². The van der Waals surface area contributed by atoms with Crippen molar-refractivity contribution >= 4 is 23.3 Å². The average Bonchev–Trinajstić information content (AvgIpc) is 3.11. The predicted molar refractivity (Wildman–Crippen MR) is 108 cm³/mol. The highest BCUT2D eigenvalue weighted by Gasteiger charge is 2.58. The number of nitrogens with zero attached hydrogens (tertiary/aromatic N) is 3. The zero-order valence-corrected chi connectivity index (χ0v) is 17.0. The summed E-state index contributed by atoms with van der Waals surface area (Å²) in [5.41, 5.74) is 1.82. The molecular weight excluding hydrogens is 400 g/mol. The van der Waals surface area contributed by atoms with Crippen LogP contribution < -0.4 is 5.32 Å². The summed E-state index contributed by atoms with van der Waals surface area (Å²) in [6.07, 6.45) is 3.16. The van der Waals surface area contributed by atoms with E-state index in [9.17, 15) is 13.6 Å². The summed E-state index contributed by atoms with van der Waals surface area (Å²) >= 11 is 5.99. The maximum absolute atomic E-state index is 13.1. The van der Waals surface area contributed by atoms with Gasteiger partial charge in [-0.3, -0.25) is 9.89 Å². The molecule has 1 aromatic carbocycles. The van der Waals surface area contributed by atoms with Crippen LogP contribution in [-0.2, 0) is 4.79 Å². The van der Waals surface area contributed by atoms with Gasteiger partial charge in [-0.25, -0.2) is 13.5 Å². The van der Waals surface area contributed by atoms with Crippen molar-refractivity contribution in [2.24, 2.45) is 0 Å². The SMILES string of the molecule is CC.CC(C(=O)Nc1cc(C2CC2(F)F)[nH]n1)c1cnn(-c2cccc(Cl)c2)c1. The number of H-pyrrole nitrogens is 1. The molecule has 9 heteroatoms. The molecule has 0 saturated heterocycles. The van der Waals surface area contributed by atoms with Crippen molar-refractivity contribution < 1.29 is 13.6 Å². The van der Waals surface area contributed by atoms with Gasteiger partial charge in [0.2, 0.25) is 5.91 Å². The average molecular weight is 422 g/mol. The van der Waals surface area contributed by atoms with Crippen molar-refractivity contribution in [1.29, 1.82) is 0 Å². The summed E-state index contributed by atoms with van der Waals surface area (Å²) in [7, 11) is 0. The summed E-state index contributed by atoms with van der Waals surface area (Å²) in [6.45, 7) is 5.73. The Kier molecular flexibility index (Phi) is 6.02. The fraction of sp³-hybridized carbons (Fsp3) is 0.350. The van der Waals surface area contributed by atoms with Gasteiger partial charge in [-0.2, -0.15) is 10.2 Å². The lowest BCUT2D eigenvalue weighted by molar-refractivity contribution is -0.117. The Balaban J connectivity index is 0.00000117. The molecule has 0 spiro atoms. The first-order valence-electron chi connectivity index (χ1n) is 9.38. The Morgan fingerprint density at radius 2 is 2.10 bits per heavy atom. The van der Waals surface area contributed by atoms with Gasteiger partial charge in [0, 0.05) is 35.0 Å². The number of carbonyl (C=O) groups excluding carboxylic acids is 1. The van der Waals surface area contributed by atoms with E-state index in [1.807, 2.05) is 26.0 Å². The summed E-state index contributed by atoms with van der Waals surface area (Å²) in [4.78, 5) is 12.5. The molecule has 2 N–H and O–H groups in total. The van der Waals surface area contributed by atoms with Crippen LogP contribution in [0.3, 0.4) is 0 Å². The number of benzene rings is 1. The van der Waals surface area contributed by atoms with Gasteiger partial charge in [0.15, 0.2) is 5.82 Å². The Bertz CT molecular complexity index is 1000. The van der Waals surface area contributed by atoms with Crippen molar-refractivity contribution in [3.8, 4) is 5.69 Å². The second-order valence-corrected chi connectivity index (χ2v) is 7.07. The normalized spacial score (nSPS) is 17.8. The fourth-order valence-corrected chi connectivity index (χ4v) is 3.02. The maximum atomic E-state index is 13.1. The Morgan fingerprint density at radius 3 is 2.76 bits per heavy atom. The largest absolute Gasteiger partial charge is 0.309 e. The van der Waals surface area contributed by atoms with Crippen LogP contribution >= 0.6 is 11.6 Å². The van der Waals surface area contributed by atoms with E-state index in [0.29, 0.717) is 16.3 Å². The molecule has 1 aliphatic carbocycles. The number of carbonyl (C=O) groups is 1. The molecule has 3 aromatic rings. The quantitative estimate of drug-likeness (QED) is 0.598. The van der Waals surface area contributed by atoms with E-state index >= 15 is 0 Å². The Morgan fingerprint density at radius 1 is 1.38 bits per heavy atom. The molecule has 4 rings (SSSR count). The minimum Gasteiger partial charge on any atom is -0.309 e. The predicted octanol–water partition coefficient (Wildman–Crippen LogP) is 5.14. The minimum atomic E-state index is -2.68. The van der Waals surface area contributed by atoms with Crippen molar-refractivity contribution in [3.05, 3.63) is 59.0 Å². The molecule has 1 amide bonds. The number of aromatic nitrogens is 4. The molecule has 6 nitrogen and oxygen atoms in total. The van der Waals surface area contributed by atoms with Gasteiger partial charge in [-0.05, 0) is 25.1 Å². The summed E-state index contributed by atoms with van der Waals surface area (Å²) in [5.74, 6) is -4.10. The zero-order valence-electron chi connectivity index (χ0n) is 16.3. The molecule has 0 radical (unpaired) electrons. The molecule has 1 aliphatic rings. The third kappa shape index (κ3) is 4.64. The second-order valence-electron chi connectivity index (χ2n) is 6.64. The zero-order chi connectivity index (χ0) is 21.2. The van der Waals surface area contributed by atoms with Crippen molar-refractivity contribution in [1.82, 2.24) is 20.0 Å². The molecule has 1 saturated carbocycles. The van der Waals surface area contributed by atoms with Crippen molar-refractivity contribution in [3.63, 3.8) is 0 Å². The van der Waals surface area contributed by atoms with E-state index in [-0.39, 0.29) is 18.1 Å². The lowest BCUT2D eigenvalue weighted by atomic mass is 10.0. The maximum Gasteiger partial charge on any atom is 0.257 e. The van der Waals surface area contributed by atoms with Crippen molar-refractivity contribution in [2.75, 3.05) is 5.32 Å². The first-order valence-corrected chi connectivity index (χ1v) is 9.76. The fourth-order valence-electron chi connectivity index (χ4n) is 2.84. The van der Waals surface area contributed by atoms with Crippen LogP contribution in [0.4, 0.5) is 14.6 Å². The van der Waals surface area contributed by atoms with E-state index < -0.39 is 17.8 Å². The van der Waals surface area contributed by atoms with Crippen LogP contribution in [0.15, 0.2) is 42.7 Å². The van der Waals surface area contributed by atoms with E-state index in [4.69, 9.17) is 11.6 Å². The smallest absolute Gasteiger partial charge is 0.257 e. The van der Waals surface area contributed by atoms with E-state index in [2.05, 4.69) is 20.6 Å². The van der Waals surface area contributed by atoms with Crippen LogP contribution in [-0.4, -0.2) is 31.8 Å². The molecule has 29 heavy (non-hydrogen) atoms. The number of nitrogens with one attached hydrogen (secondary N) is 2. The summed E-state index contributed by atoms with van der Waals surface area (Å²) < 4.78 is 27.9. The van der Waals surface area contributed by atoms with Gasteiger partial charge < -0.3 is 5.32 Å². The Labute approximate surface area is 172 Å². The molecule has 0 bridgehead atoms. The van der Waals surface area contributed by atoms with Crippen LogP contribution in [0.1, 0.15) is 50.3 Å². The van der Waals surface area contributed by atoms with Gasteiger partial charge in [-0.1, -0.05) is 31.5 Å². The molecule has 2 unspecified atom stereocenters. The molecule has 0 aliphatic heterocycles. The Hall–Kier alpha value is -2.74. The van der Waals surface area contributed by atoms with E-state index in [1.54, 1.807) is 36.1 Å². The molecule has 2 aromatic heterocycles. The number of amides is 1. The molecular formula is C20H22ClF2N5O. The number of hydrogen-bond donors (Lipinski definition) is 2. The van der Waals surface area contributed by atoms with Gasteiger partial charge in [0.1, 0.15) is 0 Å². The van der Waals surface area contributed by atoms with Gasteiger partial charge in [-0.15, -0.1) is 0 Å². The first-order chi connectivity index (χ1) is 13.8.